The molecule has 2 fully saturated rings. The molecule has 0 unspecified atom stereocenters. The number of hydrogen-bond acceptors (Lipinski definition) is 3. The summed E-state index contributed by atoms with van der Waals surface area (Å²) in [4.78, 5) is 12.1. The van der Waals surface area contributed by atoms with E-state index in [1.165, 1.54) is 6.92 Å². The van der Waals surface area contributed by atoms with Crippen LogP contribution in [-0.4, -0.2) is 28.3 Å². The fraction of sp³-hybridized carbons (Fsp3) is 0.733. The van der Waals surface area contributed by atoms with Crippen molar-refractivity contribution in [3.63, 3.8) is 0 Å². The molecule has 0 aliphatic heterocycles. The monoisotopic (exact) mass is 352 g/mol. The summed E-state index contributed by atoms with van der Waals surface area (Å²) in [5, 5.41) is 3.96. The van der Waals surface area contributed by atoms with Gasteiger partial charge in [0, 0.05) is 25.3 Å². The maximum absolute atomic E-state index is 13.5. The molecule has 24 heavy (non-hydrogen) atoms. The molecule has 2 saturated carbocycles. The number of carbonyl (C=O) groups is 1. The molecule has 134 valence electrons. The summed E-state index contributed by atoms with van der Waals surface area (Å²) >= 11 is 0. The summed E-state index contributed by atoms with van der Waals surface area (Å²) in [7, 11) is 0. The third-order valence-electron chi connectivity index (χ3n) is 4.30. The molecule has 0 atom stereocenters. The van der Waals surface area contributed by atoms with Gasteiger partial charge in [-0.15, -0.1) is 0 Å². The van der Waals surface area contributed by atoms with Crippen LogP contribution in [0.4, 0.5) is 22.0 Å². The lowest BCUT2D eigenvalue weighted by atomic mass is 9.81. The average molecular weight is 352 g/mol. The molecular weight excluding hydrogens is 335 g/mol. The highest BCUT2D eigenvalue weighted by Gasteiger charge is 2.49. The molecule has 0 N–H and O–H groups in total. The van der Waals surface area contributed by atoms with Crippen molar-refractivity contribution in [2.75, 3.05) is 6.61 Å². The lowest BCUT2D eigenvalue weighted by Crippen LogP contribution is -2.38. The molecule has 4 nitrogen and oxygen atoms in total. The van der Waals surface area contributed by atoms with Crippen molar-refractivity contribution in [2.45, 2.75) is 57.2 Å². The molecule has 1 aromatic heterocycles. The van der Waals surface area contributed by atoms with Crippen LogP contribution in [0, 0.1) is 5.92 Å². The Bertz CT molecular complexity index is 641. The van der Waals surface area contributed by atoms with Crippen LogP contribution in [0.3, 0.4) is 0 Å². The lowest BCUT2D eigenvalue weighted by molar-refractivity contribution is -0.139. The second-order valence-electron chi connectivity index (χ2n) is 6.41. The first-order valence-corrected chi connectivity index (χ1v) is 7.85. The van der Waals surface area contributed by atoms with Crippen LogP contribution in [0.2, 0.25) is 0 Å². The lowest BCUT2D eigenvalue weighted by Gasteiger charge is -2.34. The highest BCUT2D eigenvalue weighted by Crippen LogP contribution is 2.48. The van der Waals surface area contributed by atoms with Crippen LogP contribution in [0.1, 0.15) is 60.3 Å². The molecule has 0 bridgehead atoms. The Labute approximate surface area is 135 Å². The number of alkyl halides is 5. The Kier molecular flexibility index (Phi) is 4.08. The highest BCUT2D eigenvalue weighted by molar-refractivity contribution is 5.90. The number of aromatic nitrogens is 2. The van der Waals surface area contributed by atoms with E-state index in [4.69, 9.17) is 4.74 Å². The highest BCUT2D eigenvalue weighted by atomic mass is 19.4. The number of esters is 1. The second-order valence-corrected chi connectivity index (χ2v) is 6.41. The van der Waals surface area contributed by atoms with Gasteiger partial charge in [0.2, 0.25) is 5.92 Å². The SMILES string of the molecule is CCOC(=O)c1c(C(F)(F)F)c(C2CC2)nn1CC1CC(F)(F)C1. The van der Waals surface area contributed by atoms with E-state index in [1.54, 1.807) is 0 Å². The molecule has 0 amide bonds. The van der Waals surface area contributed by atoms with Crippen molar-refractivity contribution in [1.82, 2.24) is 9.78 Å². The van der Waals surface area contributed by atoms with Crippen LogP contribution < -0.4 is 0 Å². The van der Waals surface area contributed by atoms with Gasteiger partial charge in [0.1, 0.15) is 5.56 Å². The van der Waals surface area contributed by atoms with Gasteiger partial charge >= 0.3 is 12.1 Å². The smallest absolute Gasteiger partial charge is 0.420 e. The van der Waals surface area contributed by atoms with E-state index < -0.39 is 48.1 Å². The van der Waals surface area contributed by atoms with E-state index in [-0.39, 0.29) is 24.8 Å². The Morgan fingerprint density at radius 1 is 1.33 bits per heavy atom. The maximum atomic E-state index is 13.5. The van der Waals surface area contributed by atoms with Gasteiger partial charge in [-0.1, -0.05) is 0 Å². The third kappa shape index (κ3) is 3.25. The van der Waals surface area contributed by atoms with E-state index in [1.807, 2.05) is 0 Å². The topological polar surface area (TPSA) is 44.1 Å². The first-order valence-electron chi connectivity index (χ1n) is 7.85. The van der Waals surface area contributed by atoms with Crippen molar-refractivity contribution in [3.8, 4) is 0 Å². The molecular formula is C15H17F5N2O2. The van der Waals surface area contributed by atoms with Crippen LogP contribution in [-0.2, 0) is 17.5 Å². The summed E-state index contributed by atoms with van der Waals surface area (Å²) in [6.07, 6.45) is -4.42. The number of rotatable bonds is 5. The van der Waals surface area contributed by atoms with Gasteiger partial charge in [0.25, 0.3) is 0 Å². The van der Waals surface area contributed by atoms with Gasteiger partial charge in [0.15, 0.2) is 5.69 Å². The van der Waals surface area contributed by atoms with Crippen molar-refractivity contribution < 1.29 is 31.5 Å². The van der Waals surface area contributed by atoms with Crippen molar-refractivity contribution in [1.29, 1.82) is 0 Å². The van der Waals surface area contributed by atoms with Gasteiger partial charge in [-0.25, -0.2) is 13.6 Å². The standard InChI is InChI=1S/C15H17F5N2O2/c1-2-24-13(23)12-10(15(18,19)20)11(9-3-4-9)21-22(12)7-8-5-14(16,17)6-8/h8-9H,2-7H2,1H3. The van der Waals surface area contributed by atoms with Gasteiger partial charge in [-0.3, -0.25) is 4.68 Å². The van der Waals surface area contributed by atoms with E-state index in [2.05, 4.69) is 5.10 Å². The number of halogens is 5. The zero-order valence-corrected chi connectivity index (χ0v) is 13.0. The van der Waals surface area contributed by atoms with E-state index in [0.29, 0.717) is 12.8 Å². The predicted octanol–water partition coefficient (Wildman–Crippen LogP) is 4.00. The zero-order chi connectivity index (χ0) is 17.7. The molecule has 2 aliphatic rings. The fourth-order valence-electron chi connectivity index (χ4n) is 3.10. The Hall–Kier alpha value is -1.67. The van der Waals surface area contributed by atoms with Crippen molar-refractivity contribution >= 4 is 5.97 Å². The number of carbonyl (C=O) groups excluding carboxylic acids is 1. The quantitative estimate of drug-likeness (QED) is 0.594. The van der Waals surface area contributed by atoms with Gasteiger partial charge in [-0.05, 0) is 25.7 Å². The fourth-order valence-corrected chi connectivity index (χ4v) is 3.10. The Morgan fingerprint density at radius 2 is 1.96 bits per heavy atom. The molecule has 1 heterocycles. The summed E-state index contributed by atoms with van der Waals surface area (Å²) in [6.45, 7) is 1.27. The molecule has 1 aromatic rings. The van der Waals surface area contributed by atoms with Crippen molar-refractivity contribution in [2.24, 2.45) is 5.92 Å². The molecule has 9 heteroatoms. The molecule has 2 aliphatic carbocycles. The summed E-state index contributed by atoms with van der Waals surface area (Å²) in [5.74, 6) is -4.73. The van der Waals surface area contributed by atoms with E-state index >= 15 is 0 Å². The van der Waals surface area contributed by atoms with Crippen LogP contribution in [0.25, 0.3) is 0 Å². The van der Waals surface area contributed by atoms with Gasteiger partial charge in [0.05, 0.1) is 12.3 Å². The van der Waals surface area contributed by atoms with Crippen molar-refractivity contribution in [3.05, 3.63) is 17.0 Å². The number of nitrogens with zero attached hydrogens (tertiary/aromatic N) is 2. The maximum Gasteiger partial charge on any atom is 0.420 e. The Balaban J connectivity index is 1.98. The van der Waals surface area contributed by atoms with Crippen LogP contribution in [0.15, 0.2) is 0 Å². The first-order chi connectivity index (χ1) is 11.1. The minimum atomic E-state index is -4.75. The third-order valence-corrected chi connectivity index (χ3v) is 4.30. The van der Waals surface area contributed by atoms with E-state index in [9.17, 15) is 26.7 Å². The van der Waals surface area contributed by atoms with Crippen LogP contribution in [0.5, 0.6) is 0 Å². The molecule has 0 saturated heterocycles. The summed E-state index contributed by atoms with van der Waals surface area (Å²) in [5.41, 5.74) is -1.91. The summed E-state index contributed by atoms with van der Waals surface area (Å²) in [6, 6.07) is 0. The molecule has 0 radical (unpaired) electrons. The first kappa shape index (κ1) is 17.2. The zero-order valence-electron chi connectivity index (χ0n) is 13.0. The van der Waals surface area contributed by atoms with E-state index in [0.717, 1.165) is 4.68 Å². The molecule has 0 spiro atoms. The molecule has 0 aromatic carbocycles. The minimum absolute atomic E-state index is 0.0818. The number of hydrogen-bond donors (Lipinski definition) is 0. The Morgan fingerprint density at radius 3 is 2.42 bits per heavy atom. The second kappa shape index (κ2) is 5.70. The summed E-state index contributed by atoms with van der Waals surface area (Å²) < 4.78 is 72.1. The average Bonchev–Trinajstić information content (AvgIpc) is 3.17. The van der Waals surface area contributed by atoms with Gasteiger partial charge < -0.3 is 4.74 Å². The predicted molar refractivity (Wildman–Crippen MR) is 72.8 cm³/mol. The molecule has 3 rings (SSSR count). The largest absolute Gasteiger partial charge is 0.461 e. The normalized spacial score (nSPS) is 20.8. The minimum Gasteiger partial charge on any atom is -0.461 e. The van der Waals surface area contributed by atoms with Crippen LogP contribution >= 0.6 is 0 Å². The van der Waals surface area contributed by atoms with Gasteiger partial charge in [-0.2, -0.15) is 18.3 Å². The number of ether oxygens (including phenoxy) is 1.